The maximum absolute atomic E-state index is 13.1. The van der Waals surface area contributed by atoms with Crippen molar-refractivity contribution in [1.82, 2.24) is 15.1 Å². The van der Waals surface area contributed by atoms with E-state index in [0.29, 0.717) is 5.56 Å². The molecule has 0 bridgehead atoms. The Balaban J connectivity index is 2.11. The smallest absolute Gasteiger partial charge is 0.274 e. The molecule has 1 aromatic heterocycles. The van der Waals surface area contributed by atoms with E-state index in [-0.39, 0.29) is 23.3 Å². The van der Waals surface area contributed by atoms with E-state index >= 15 is 0 Å². The molecular formula is C13H10ClF2N3O. The van der Waals surface area contributed by atoms with Crippen molar-refractivity contribution in [3.8, 4) is 0 Å². The van der Waals surface area contributed by atoms with Crippen molar-refractivity contribution in [2.24, 2.45) is 0 Å². The minimum atomic E-state index is -0.949. The summed E-state index contributed by atoms with van der Waals surface area (Å²) < 4.78 is 25.9. The summed E-state index contributed by atoms with van der Waals surface area (Å²) in [6.07, 6.45) is 0. The van der Waals surface area contributed by atoms with E-state index in [1.165, 1.54) is 30.1 Å². The molecule has 0 unspecified atom stereocenters. The quantitative estimate of drug-likeness (QED) is 0.875. The number of nitrogens with zero attached hydrogens (tertiary/aromatic N) is 3. The highest BCUT2D eigenvalue weighted by molar-refractivity contribution is 6.29. The number of halogens is 3. The van der Waals surface area contributed by atoms with Crippen LogP contribution in [0.15, 0.2) is 30.3 Å². The Bertz CT molecular complexity index is 634. The lowest BCUT2D eigenvalue weighted by Crippen LogP contribution is -2.27. The van der Waals surface area contributed by atoms with Crippen LogP contribution in [-0.4, -0.2) is 28.1 Å². The van der Waals surface area contributed by atoms with Crippen LogP contribution in [0.5, 0.6) is 0 Å². The van der Waals surface area contributed by atoms with E-state index in [0.717, 1.165) is 12.1 Å². The molecule has 0 saturated heterocycles. The number of hydrogen-bond donors (Lipinski definition) is 0. The second-order valence-electron chi connectivity index (χ2n) is 4.15. The maximum Gasteiger partial charge on any atom is 0.274 e. The summed E-state index contributed by atoms with van der Waals surface area (Å²) in [5, 5.41) is 7.42. The van der Waals surface area contributed by atoms with Gasteiger partial charge in [-0.25, -0.2) is 8.78 Å². The Morgan fingerprint density at radius 2 is 1.95 bits per heavy atom. The molecule has 0 N–H and O–H groups in total. The minimum Gasteiger partial charge on any atom is -0.336 e. The van der Waals surface area contributed by atoms with Gasteiger partial charge >= 0.3 is 0 Å². The van der Waals surface area contributed by atoms with E-state index in [1.807, 2.05) is 0 Å². The Kier molecular flexibility index (Phi) is 4.24. The molecule has 4 nitrogen and oxygen atoms in total. The molecular weight excluding hydrogens is 288 g/mol. The van der Waals surface area contributed by atoms with Gasteiger partial charge in [0.1, 0.15) is 0 Å². The van der Waals surface area contributed by atoms with Crippen molar-refractivity contribution >= 4 is 17.5 Å². The fraction of sp³-hybridized carbons (Fsp3) is 0.154. The first-order chi connectivity index (χ1) is 9.47. The summed E-state index contributed by atoms with van der Waals surface area (Å²) in [5.41, 5.74) is 0.598. The second kappa shape index (κ2) is 5.92. The van der Waals surface area contributed by atoms with Crippen molar-refractivity contribution in [1.29, 1.82) is 0 Å². The average Bonchev–Trinajstić information content (AvgIpc) is 2.43. The van der Waals surface area contributed by atoms with Crippen LogP contribution in [0.4, 0.5) is 8.78 Å². The molecule has 1 heterocycles. The lowest BCUT2D eigenvalue weighted by Gasteiger charge is -2.16. The molecule has 2 aromatic rings. The SMILES string of the molecule is CN(Cc1ccc(F)c(F)c1)C(=O)c1ccc(Cl)nn1. The topological polar surface area (TPSA) is 46.1 Å². The molecule has 20 heavy (non-hydrogen) atoms. The van der Waals surface area contributed by atoms with Crippen LogP contribution in [-0.2, 0) is 6.54 Å². The number of rotatable bonds is 3. The Morgan fingerprint density at radius 3 is 2.55 bits per heavy atom. The molecule has 0 aliphatic heterocycles. The predicted octanol–water partition coefficient (Wildman–Crippen LogP) is 2.68. The minimum absolute atomic E-state index is 0.125. The molecule has 0 saturated carbocycles. The van der Waals surface area contributed by atoms with Crippen LogP contribution < -0.4 is 0 Å². The van der Waals surface area contributed by atoms with Gasteiger partial charge in [0.15, 0.2) is 22.5 Å². The molecule has 2 rings (SSSR count). The summed E-state index contributed by atoms with van der Waals surface area (Å²) in [6.45, 7) is 0.125. The Hall–Kier alpha value is -2.08. The van der Waals surface area contributed by atoms with Gasteiger partial charge in [-0.15, -0.1) is 10.2 Å². The van der Waals surface area contributed by atoms with Gasteiger partial charge in [-0.1, -0.05) is 17.7 Å². The third-order valence-electron chi connectivity index (χ3n) is 2.60. The van der Waals surface area contributed by atoms with Gasteiger partial charge in [-0.2, -0.15) is 0 Å². The molecule has 1 amide bonds. The molecule has 0 radical (unpaired) electrons. The fourth-order valence-corrected chi connectivity index (χ4v) is 1.71. The highest BCUT2D eigenvalue weighted by atomic mass is 35.5. The number of carbonyl (C=O) groups excluding carboxylic acids is 1. The summed E-state index contributed by atoms with van der Waals surface area (Å²) >= 11 is 5.58. The molecule has 0 aliphatic rings. The largest absolute Gasteiger partial charge is 0.336 e. The number of benzene rings is 1. The first-order valence-corrected chi connectivity index (χ1v) is 6.04. The van der Waals surface area contributed by atoms with Gasteiger partial charge < -0.3 is 4.90 Å². The van der Waals surface area contributed by atoms with Crippen molar-refractivity contribution in [2.75, 3.05) is 7.05 Å². The summed E-state index contributed by atoms with van der Waals surface area (Å²) in [5.74, 6) is -2.26. The van der Waals surface area contributed by atoms with Crippen molar-refractivity contribution in [2.45, 2.75) is 6.54 Å². The number of amides is 1. The molecule has 104 valence electrons. The van der Waals surface area contributed by atoms with Crippen LogP contribution in [0.2, 0.25) is 5.15 Å². The molecule has 1 aromatic carbocycles. The highest BCUT2D eigenvalue weighted by Crippen LogP contribution is 2.12. The molecule has 0 fully saturated rings. The van der Waals surface area contributed by atoms with Crippen molar-refractivity contribution in [3.05, 3.63) is 58.4 Å². The third kappa shape index (κ3) is 3.27. The van der Waals surface area contributed by atoms with Crippen LogP contribution in [0.1, 0.15) is 16.1 Å². The number of aromatic nitrogens is 2. The zero-order chi connectivity index (χ0) is 14.7. The monoisotopic (exact) mass is 297 g/mol. The average molecular weight is 298 g/mol. The van der Waals surface area contributed by atoms with E-state index in [4.69, 9.17) is 11.6 Å². The van der Waals surface area contributed by atoms with Crippen molar-refractivity contribution < 1.29 is 13.6 Å². The van der Waals surface area contributed by atoms with E-state index < -0.39 is 11.6 Å². The first kappa shape index (κ1) is 14.3. The third-order valence-corrected chi connectivity index (χ3v) is 2.80. The standard InChI is InChI=1S/C13H10ClF2N3O/c1-19(7-8-2-3-9(15)10(16)6-8)13(20)11-4-5-12(14)18-17-11/h2-6H,7H2,1H3. The Morgan fingerprint density at radius 1 is 1.20 bits per heavy atom. The van der Waals surface area contributed by atoms with Crippen LogP contribution in [0.25, 0.3) is 0 Å². The van der Waals surface area contributed by atoms with Gasteiger partial charge in [0.25, 0.3) is 5.91 Å². The number of hydrogen-bond acceptors (Lipinski definition) is 3. The van der Waals surface area contributed by atoms with Crippen LogP contribution in [0, 0.1) is 11.6 Å². The lowest BCUT2D eigenvalue weighted by molar-refractivity contribution is 0.0778. The predicted molar refractivity (Wildman–Crippen MR) is 69.2 cm³/mol. The van der Waals surface area contributed by atoms with Gasteiger partial charge in [-0.05, 0) is 29.8 Å². The van der Waals surface area contributed by atoms with Gasteiger partial charge in [0.2, 0.25) is 0 Å². The van der Waals surface area contributed by atoms with Gasteiger partial charge in [0, 0.05) is 13.6 Å². The van der Waals surface area contributed by atoms with Crippen LogP contribution in [0.3, 0.4) is 0 Å². The second-order valence-corrected chi connectivity index (χ2v) is 4.54. The number of carbonyl (C=O) groups is 1. The van der Waals surface area contributed by atoms with E-state index in [2.05, 4.69) is 10.2 Å². The van der Waals surface area contributed by atoms with Crippen molar-refractivity contribution in [3.63, 3.8) is 0 Å². The molecule has 0 spiro atoms. The summed E-state index contributed by atoms with van der Waals surface area (Å²) in [4.78, 5) is 13.3. The highest BCUT2D eigenvalue weighted by Gasteiger charge is 2.14. The molecule has 0 aliphatic carbocycles. The Labute approximate surface area is 119 Å². The molecule has 0 atom stereocenters. The van der Waals surface area contributed by atoms with Crippen LogP contribution >= 0.6 is 11.6 Å². The van der Waals surface area contributed by atoms with E-state index in [9.17, 15) is 13.6 Å². The van der Waals surface area contributed by atoms with Gasteiger partial charge in [0.05, 0.1) is 0 Å². The normalized spacial score (nSPS) is 10.4. The fourth-order valence-electron chi connectivity index (χ4n) is 1.61. The first-order valence-electron chi connectivity index (χ1n) is 5.66. The summed E-state index contributed by atoms with van der Waals surface area (Å²) in [6, 6.07) is 6.38. The zero-order valence-corrected chi connectivity index (χ0v) is 11.2. The maximum atomic E-state index is 13.1. The van der Waals surface area contributed by atoms with Gasteiger partial charge in [-0.3, -0.25) is 4.79 Å². The summed E-state index contributed by atoms with van der Waals surface area (Å²) in [7, 11) is 1.53. The lowest BCUT2D eigenvalue weighted by atomic mass is 10.2. The van der Waals surface area contributed by atoms with E-state index in [1.54, 1.807) is 0 Å². The molecule has 7 heteroatoms. The zero-order valence-electron chi connectivity index (χ0n) is 10.5.